The lowest BCUT2D eigenvalue weighted by molar-refractivity contribution is 0.117. The minimum atomic E-state index is -4.61. The molecule has 1 rings (SSSR count). The molecule has 0 aliphatic rings. The summed E-state index contributed by atoms with van der Waals surface area (Å²) in [4.78, 5) is 56.1. The fourth-order valence-corrected chi connectivity index (χ4v) is 0.890. The number of aliphatic imine (C=N–C) groups is 2. The monoisotopic (exact) mass is 270 g/mol. The second-order valence-corrected chi connectivity index (χ2v) is 4.18. The van der Waals surface area contributed by atoms with E-state index in [9.17, 15) is 9.59 Å². The summed E-state index contributed by atoms with van der Waals surface area (Å²) in [6, 6.07) is 4.88. The molecule has 0 aliphatic heterocycles. The predicted molar refractivity (Wildman–Crippen MR) is 61.4 cm³/mol. The number of isocyanates is 2. The molecule has 0 unspecified atom stereocenters. The van der Waals surface area contributed by atoms with Crippen LogP contribution >= 0.6 is 0 Å². The van der Waals surface area contributed by atoms with Gasteiger partial charge in [0.2, 0.25) is 12.2 Å². The van der Waals surface area contributed by atoms with Crippen LogP contribution in [0.4, 0.5) is 11.4 Å². The minimum Gasteiger partial charge on any atom is -0.368 e. The van der Waals surface area contributed by atoms with Crippen LogP contribution in [0.3, 0.4) is 0 Å². The van der Waals surface area contributed by atoms with Crippen molar-refractivity contribution in [3.63, 3.8) is 0 Å². The summed E-state index contributed by atoms with van der Waals surface area (Å²) >= 11 is 0. The summed E-state index contributed by atoms with van der Waals surface area (Å²) < 4.78 is 0. The van der Waals surface area contributed by atoms with E-state index in [-0.39, 0.29) is 0 Å². The van der Waals surface area contributed by atoms with Crippen LogP contribution in [0.2, 0.25) is 0 Å². The molecule has 96 valence electrons. The third kappa shape index (κ3) is 8.22. The number of hydrogen-bond acceptors (Lipinski definition) is 8. The smallest absolute Gasteiger partial charge is 0.368 e. The molecule has 0 aliphatic carbocycles. The molecule has 0 spiro atoms. The maximum atomic E-state index is 10.00. The highest BCUT2D eigenvalue weighted by atomic mass is 28.4. The van der Waals surface area contributed by atoms with E-state index in [1.165, 1.54) is 18.2 Å². The zero-order chi connectivity index (χ0) is 14.2. The first-order valence-corrected chi connectivity index (χ1v) is 6.22. The van der Waals surface area contributed by atoms with Crippen LogP contribution < -0.4 is 0 Å². The molecular formula is C9H10N2O6Si. The largest absolute Gasteiger partial charge is 0.668 e. The van der Waals surface area contributed by atoms with Crippen molar-refractivity contribution >= 4 is 32.6 Å². The highest BCUT2D eigenvalue weighted by Crippen LogP contribution is 2.23. The Kier molecular flexibility index (Phi) is 6.57. The van der Waals surface area contributed by atoms with Gasteiger partial charge in [0.15, 0.2) is 0 Å². The summed E-state index contributed by atoms with van der Waals surface area (Å²) in [7, 11) is -4.61. The van der Waals surface area contributed by atoms with Crippen LogP contribution in [0, 0.1) is 6.92 Å². The predicted octanol–water partition coefficient (Wildman–Crippen LogP) is -0.679. The van der Waals surface area contributed by atoms with Crippen molar-refractivity contribution in [2.75, 3.05) is 0 Å². The lowest BCUT2D eigenvalue weighted by atomic mass is 10.2. The van der Waals surface area contributed by atoms with Gasteiger partial charge in [-0.15, -0.1) is 0 Å². The molecule has 0 bridgehead atoms. The first kappa shape index (κ1) is 16.0. The Morgan fingerprint density at radius 2 is 1.56 bits per heavy atom. The summed E-state index contributed by atoms with van der Waals surface area (Å²) in [6.45, 7) is 1.80. The average molecular weight is 270 g/mol. The van der Waals surface area contributed by atoms with Crippen LogP contribution in [0.15, 0.2) is 28.2 Å². The fraction of sp³-hybridized carbons (Fsp3) is 0.111. The van der Waals surface area contributed by atoms with Gasteiger partial charge in [-0.1, -0.05) is 6.07 Å². The van der Waals surface area contributed by atoms with E-state index in [1.807, 2.05) is 0 Å². The summed E-state index contributed by atoms with van der Waals surface area (Å²) in [5, 5.41) is 0. The molecule has 1 aromatic carbocycles. The van der Waals surface area contributed by atoms with Gasteiger partial charge in [0.25, 0.3) is 0 Å². The highest BCUT2D eigenvalue weighted by molar-refractivity contribution is 6.46. The van der Waals surface area contributed by atoms with Gasteiger partial charge in [-0.2, -0.15) is 9.98 Å². The molecule has 18 heavy (non-hydrogen) atoms. The molecule has 0 amide bonds. The molecule has 9 heteroatoms. The lowest BCUT2D eigenvalue weighted by Gasteiger charge is -1.97. The molecule has 0 saturated carbocycles. The summed E-state index contributed by atoms with van der Waals surface area (Å²) in [5.74, 6) is 0. The number of hydrogen-bond donors (Lipinski definition) is 4. The highest BCUT2D eigenvalue weighted by Gasteiger charge is 2.22. The first-order valence-electron chi connectivity index (χ1n) is 4.44. The van der Waals surface area contributed by atoms with Crippen molar-refractivity contribution < 1.29 is 28.8 Å². The lowest BCUT2D eigenvalue weighted by Crippen LogP contribution is -2.33. The third-order valence-electron chi connectivity index (χ3n) is 1.53. The number of benzene rings is 1. The minimum absolute atomic E-state index is 0.426. The maximum Gasteiger partial charge on any atom is 0.668 e. The average Bonchev–Trinajstić information content (AvgIpc) is 2.21. The fourth-order valence-electron chi connectivity index (χ4n) is 0.890. The van der Waals surface area contributed by atoms with Crippen molar-refractivity contribution in [2.24, 2.45) is 9.98 Å². The number of rotatable bonds is 2. The SMILES string of the molecule is Cc1ccc(N=C=O)cc1N=C=O.O[Si](O)(O)O. The van der Waals surface area contributed by atoms with Gasteiger partial charge < -0.3 is 19.2 Å². The van der Waals surface area contributed by atoms with Crippen molar-refractivity contribution in [1.29, 1.82) is 0 Å². The van der Waals surface area contributed by atoms with Gasteiger partial charge in [-0.3, -0.25) is 0 Å². The Bertz CT molecular complexity index is 494. The quantitative estimate of drug-likeness (QED) is 0.319. The van der Waals surface area contributed by atoms with Crippen LogP contribution in [0.1, 0.15) is 5.56 Å². The van der Waals surface area contributed by atoms with Gasteiger partial charge in [0.05, 0.1) is 11.4 Å². The van der Waals surface area contributed by atoms with Crippen LogP contribution in [0.5, 0.6) is 0 Å². The van der Waals surface area contributed by atoms with Crippen molar-refractivity contribution in [3.05, 3.63) is 23.8 Å². The second kappa shape index (κ2) is 7.38. The zero-order valence-corrected chi connectivity index (χ0v) is 10.2. The van der Waals surface area contributed by atoms with Gasteiger partial charge in [-0.25, -0.2) is 9.59 Å². The standard InChI is InChI=1S/C9H6N2O2.H4O4Si/c1-7-2-3-8(10-5-12)4-9(7)11-6-13;1-5(2,3)4/h2-4H,1H3;1-4H. The Hall–Kier alpha value is -1.96. The second-order valence-electron chi connectivity index (χ2n) is 2.98. The van der Waals surface area contributed by atoms with E-state index in [0.29, 0.717) is 11.4 Å². The molecule has 8 nitrogen and oxygen atoms in total. The topological polar surface area (TPSA) is 140 Å². The zero-order valence-electron chi connectivity index (χ0n) is 9.23. The summed E-state index contributed by atoms with van der Waals surface area (Å²) in [6.07, 6.45) is 2.84. The molecule has 1 aromatic rings. The number of aryl methyl sites for hydroxylation is 1. The Labute approximate surface area is 103 Å². The van der Waals surface area contributed by atoms with Gasteiger partial charge in [-0.05, 0) is 24.6 Å². The van der Waals surface area contributed by atoms with Crippen LogP contribution in [-0.2, 0) is 9.59 Å². The Balaban J connectivity index is 0.000000494. The molecule has 0 saturated heterocycles. The molecular weight excluding hydrogens is 260 g/mol. The molecule has 0 atom stereocenters. The number of carbonyl (C=O) groups excluding carboxylic acids is 2. The van der Waals surface area contributed by atoms with E-state index in [1.54, 1.807) is 19.1 Å². The molecule has 0 radical (unpaired) electrons. The van der Waals surface area contributed by atoms with E-state index in [4.69, 9.17) is 19.2 Å². The van der Waals surface area contributed by atoms with Crippen LogP contribution in [-0.4, -0.2) is 40.4 Å². The number of nitrogens with zero attached hydrogens (tertiary/aromatic N) is 2. The summed E-state index contributed by atoms with van der Waals surface area (Å²) in [5.41, 5.74) is 1.72. The Morgan fingerprint density at radius 3 is 2.00 bits per heavy atom. The van der Waals surface area contributed by atoms with Crippen molar-refractivity contribution in [3.8, 4) is 0 Å². The van der Waals surface area contributed by atoms with Gasteiger partial charge in [0, 0.05) is 0 Å². The molecule has 0 heterocycles. The first-order chi connectivity index (χ1) is 8.27. The van der Waals surface area contributed by atoms with Crippen LogP contribution in [0.25, 0.3) is 0 Å². The Morgan fingerprint density at radius 1 is 1.06 bits per heavy atom. The van der Waals surface area contributed by atoms with E-state index < -0.39 is 9.05 Å². The molecule has 0 fully saturated rings. The molecule has 4 N–H and O–H groups in total. The van der Waals surface area contributed by atoms with Crippen molar-refractivity contribution in [1.82, 2.24) is 0 Å². The van der Waals surface area contributed by atoms with Gasteiger partial charge in [0.1, 0.15) is 0 Å². The van der Waals surface area contributed by atoms with E-state index in [0.717, 1.165) is 5.56 Å². The van der Waals surface area contributed by atoms with Gasteiger partial charge >= 0.3 is 9.05 Å². The normalized spacial score (nSPS) is 9.39. The molecule has 0 aromatic heterocycles. The van der Waals surface area contributed by atoms with E-state index in [2.05, 4.69) is 9.98 Å². The van der Waals surface area contributed by atoms with Crippen molar-refractivity contribution in [2.45, 2.75) is 6.92 Å². The third-order valence-corrected chi connectivity index (χ3v) is 1.53. The van der Waals surface area contributed by atoms with E-state index >= 15 is 0 Å². The maximum absolute atomic E-state index is 10.00.